The predicted molar refractivity (Wildman–Crippen MR) is 110 cm³/mol. The number of carbonyl (C=O) groups is 1. The van der Waals surface area contributed by atoms with Crippen LogP contribution in [0.1, 0.15) is 34.9 Å². The van der Waals surface area contributed by atoms with E-state index in [9.17, 15) is 14.7 Å². The minimum atomic E-state index is -0.921. The second kappa shape index (κ2) is 6.80. The van der Waals surface area contributed by atoms with Crippen LogP contribution in [0, 0.1) is 13.8 Å². The lowest BCUT2D eigenvalue weighted by Crippen LogP contribution is -2.24. The third-order valence-corrected chi connectivity index (χ3v) is 7.17. The van der Waals surface area contributed by atoms with Crippen LogP contribution >= 0.6 is 23.1 Å². The molecule has 0 saturated heterocycles. The highest BCUT2D eigenvalue weighted by Gasteiger charge is 2.26. The molecule has 140 valence electrons. The van der Waals surface area contributed by atoms with Crippen LogP contribution in [0.2, 0.25) is 0 Å². The molecule has 1 atom stereocenters. The van der Waals surface area contributed by atoms with Crippen LogP contribution < -0.4 is 5.56 Å². The van der Waals surface area contributed by atoms with Gasteiger partial charge < -0.3 is 5.11 Å². The number of thiophene rings is 1. The van der Waals surface area contributed by atoms with Gasteiger partial charge >= 0.3 is 5.97 Å². The van der Waals surface area contributed by atoms with E-state index >= 15 is 0 Å². The summed E-state index contributed by atoms with van der Waals surface area (Å²) in [6.45, 7) is 5.55. The first-order valence-corrected chi connectivity index (χ1v) is 10.6. The summed E-state index contributed by atoms with van der Waals surface area (Å²) in [6, 6.07) is 5.95. The fourth-order valence-corrected chi connectivity index (χ4v) is 5.64. The number of hydrogen-bond acceptors (Lipinski definition) is 5. The Hall–Kier alpha value is -2.12. The Bertz CT molecular complexity index is 1130. The third-order valence-electron chi connectivity index (χ3n) is 4.94. The van der Waals surface area contributed by atoms with Crippen molar-refractivity contribution < 1.29 is 9.90 Å². The Kier molecular flexibility index (Phi) is 4.60. The molecule has 0 unspecified atom stereocenters. The van der Waals surface area contributed by atoms with Crippen molar-refractivity contribution in [3.05, 3.63) is 50.1 Å². The van der Waals surface area contributed by atoms with Crippen molar-refractivity contribution >= 4 is 39.3 Å². The van der Waals surface area contributed by atoms with Crippen molar-refractivity contribution in [1.82, 2.24) is 9.55 Å². The Morgan fingerprint density at radius 3 is 2.85 bits per heavy atom. The molecule has 2 aromatic heterocycles. The van der Waals surface area contributed by atoms with Crippen molar-refractivity contribution in [2.45, 2.75) is 50.4 Å². The van der Waals surface area contributed by atoms with E-state index in [0.29, 0.717) is 10.5 Å². The first-order valence-electron chi connectivity index (χ1n) is 8.91. The summed E-state index contributed by atoms with van der Waals surface area (Å²) in [5, 5.41) is 9.80. The molecule has 5 nitrogen and oxygen atoms in total. The fourth-order valence-electron chi connectivity index (χ4n) is 3.49. The number of fused-ring (bicyclic) bond motifs is 3. The summed E-state index contributed by atoms with van der Waals surface area (Å²) in [5.41, 5.74) is 3.82. The number of carboxylic acid groups (broad SMARTS) is 1. The second-order valence-electron chi connectivity index (χ2n) is 6.96. The number of carboxylic acids is 1. The van der Waals surface area contributed by atoms with Crippen molar-refractivity contribution in [3.8, 4) is 5.69 Å². The third kappa shape index (κ3) is 3.08. The second-order valence-corrected chi connectivity index (χ2v) is 9.35. The first-order chi connectivity index (χ1) is 12.9. The fraction of sp³-hybridized carbons (Fsp3) is 0.350. The van der Waals surface area contributed by atoms with Crippen LogP contribution in [0.5, 0.6) is 0 Å². The van der Waals surface area contributed by atoms with E-state index in [4.69, 9.17) is 4.98 Å². The van der Waals surface area contributed by atoms with Gasteiger partial charge in [-0.3, -0.25) is 14.2 Å². The molecule has 7 heteroatoms. The highest BCUT2D eigenvalue weighted by atomic mass is 32.2. The molecule has 1 N–H and O–H groups in total. The van der Waals surface area contributed by atoms with E-state index in [1.807, 2.05) is 32.0 Å². The highest BCUT2D eigenvalue weighted by Crippen LogP contribution is 2.36. The number of aliphatic carboxylic acids is 1. The molecular formula is C20H20N2O3S2. The van der Waals surface area contributed by atoms with E-state index in [1.54, 1.807) is 22.8 Å². The summed E-state index contributed by atoms with van der Waals surface area (Å²) >= 11 is 2.69. The van der Waals surface area contributed by atoms with Crippen LogP contribution in [-0.2, 0) is 17.6 Å². The van der Waals surface area contributed by atoms with Gasteiger partial charge in [0.1, 0.15) is 10.1 Å². The largest absolute Gasteiger partial charge is 0.480 e. The molecule has 0 amide bonds. The van der Waals surface area contributed by atoms with Crippen molar-refractivity contribution in [3.63, 3.8) is 0 Å². The lowest BCUT2D eigenvalue weighted by molar-refractivity contribution is -0.136. The number of benzene rings is 1. The molecule has 0 radical (unpaired) electrons. The molecule has 0 fully saturated rings. The molecule has 0 spiro atoms. The molecule has 3 aromatic rings. The van der Waals surface area contributed by atoms with E-state index in [-0.39, 0.29) is 5.56 Å². The summed E-state index contributed by atoms with van der Waals surface area (Å²) < 4.78 is 1.61. The highest BCUT2D eigenvalue weighted by molar-refractivity contribution is 8.00. The summed E-state index contributed by atoms with van der Waals surface area (Å²) in [7, 11) is 0. The van der Waals surface area contributed by atoms with Gasteiger partial charge in [-0.15, -0.1) is 11.3 Å². The van der Waals surface area contributed by atoms with Crippen LogP contribution in [0.25, 0.3) is 15.9 Å². The lowest BCUT2D eigenvalue weighted by Gasteiger charge is -2.16. The van der Waals surface area contributed by atoms with Crippen molar-refractivity contribution in [2.75, 3.05) is 0 Å². The molecule has 1 aliphatic rings. The van der Waals surface area contributed by atoms with Gasteiger partial charge in [0, 0.05) is 4.88 Å². The Morgan fingerprint density at radius 1 is 1.33 bits per heavy atom. The topological polar surface area (TPSA) is 72.2 Å². The van der Waals surface area contributed by atoms with Gasteiger partial charge in [-0.25, -0.2) is 4.98 Å². The molecule has 0 saturated carbocycles. The number of aryl methyl sites for hydroxylation is 4. The monoisotopic (exact) mass is 400 g/mol. The zero-order valence-corrected chi connectivity index (χ0v) is 17.0. The minimum absolute atomic E-state index is 0.0896. The van der Waals surface area contributed by atoms with Crippen molar-refractivity contribution in [1.29, 1.82) is 0 Å². The Morgan fingerprint density at radius 2 is 2.11 bits per heavy atom. The number of nitrogens with zero attached hydrogens (tertiary/aromatic N) is 2. The quantitative estimate of drug-likeness (QED) is 0.527. The zero-order valence-electron chi connectivity index (χ0n) is 15.4. The Balaban J connectivity index is 2.04. The van der Waals surface area contributed by atoms with Gasteiger partial charge in [-0.2, -0.15) is 0 Å². The van der Waals surface area contributed by atoms with Gasteiger partial charge in [0.25, 0.3) is 5.56 Å². The van der Waals surface area contributed by atoms with Crippen LogP contribution in [0.15, 0.2) is 28.2 Å². The molecular weight excluding hydrogens is 380 g/mol. The van der Waals surface area contributed by atoms with Gasteiger partial charge in [-0.1, -0.05) is 23.9 Å². The van der Waals surface area contributed by atoms with Gasteiger partial charge in [-0.05, 0) is 62.8 Å². The molecule has 2 heterocycles. The average Bonchev–Trinajstić information content (AvgIpc) is 3.18. The number of rotatable bonds is 4. The SMILES string of the molecule is Cc1ccc(C)c(-n2c(S[C@H](C)C(=O)O)nc3sc4c(c3c2=O)CCC4)c1. The zero-order chi connectivity index (χ0) is 19.3. The van der Waals surface area contributed by atoms with Crippen molar-refractivity contribution in [2.24, 2.45) is 0 Å². The number of thioether (sulfide) groups is 1. The van der Waals surface area contributed by atoms with Crippen LogP contribution in [0.3, 0.4) is 0 Å². The van der Waals surface area contributed by atoms with E-state index in [1.165, 1.54) is 4.88 Å². The maximum atomic E-state index is 13.6. The van der Waals surface area contributed by atoms with Gasteiger partial charge in [0.05, 0.1) is 11.1 Å². The summed E-state index contributed by atoms with van der Waals surface area (Å²) in [4.78, 5) is 31.7. The predicted octanol–water partition coefficient (Wildman–Crippen LogP) is 4.12. The molecule has 1 aliphatic carbocycles. The standard InChI is InChI=1S/C20H20N2O3S2/c1-10-7-8-11(2)14(9-10)22-18(23)16-13-5-4-6-15(13)27-17(16)21-20(22)26-12(3)19(24)25/h7-9,12H,4-6H2,1-3H3,(H,24,25)/t12-/m1/s1. The van der Waals surface area contributed by atoms with Gasteiger partial charge in [0.2, 0.25) is 0 Å². The first kappa shape index (κ1) is 18.3. The summed E-state index contributed by atoms with van der Waals surface area (Å²) in [5.74, 6) is -0.921. The van der Waals surface area contributed by atoms with E-state index < -0.39 is 11.2 Å². The maximum Gasteiger partial charge on any atom is 0.316 e. The molecule has 4 rings (SSSR count). The average molecular weight is 401 g/mol. The minimum Gasteiger partial charge on any atom is -0.480 e. The van der Waals surface area contributed by atoms with E-state index in [0.717, 1.165) is 58.2 Å². The smallest absolute Gasteiger partial charge is 0.316 e. The number of hydrogen-bond donors (Lipinski definition) is 1. The Labute approximate surface area is 165 Å². The molecule has 1 aromatic carbocycles. The van der Waals surface area contributed by atoms with Crippen LogP contribution in [0.4, 0.5) is 0 Å². The summed E-state index contributed by atoms with van der Waals surface area (Å²) in [6.07, 6.45) is 2.98. The maximum absolute atomic E-state index is 13.6. The van der Waals surface area contributed by atoms with Crippen LogP contribution in [-0.4, -0.2) is 25.9 Å². The number of aromatic nitrogens is 2. The molecule has 27 heavy (non-hydrogen) atoms. The lowest BCUT2D eigenvalue weighted by atomic mass is 10.1. The molecule has 0 aliphatic heterocycles. The van der Waals surface area contributed by atoms with E-state index in [2.05, 4.69) is 0 Å². The normalized spacial score (nSPS) is 14.5. The van der Waals surface area contributed by atoms with Gasteiger partial charge in [0.15, 0.2) is 5.16 Å². The molecule has 0 bridgehead atoms.